The van der Waals surface area contributed by atoms with E-state index in [1.54, 1.807) is 12.1 Å². The third-order valence-corrected chi connectivity index (χ3v) is 4.03. The monoisotopic (exact) mass is 357 g/mol. The van der Waals surface area contributed by atoms with Crippen LogP contribution in [-0.4, -0.2) is 16.8 Å². The summed E-state index contributed by atoms with van der Waals surface area (Å²) in [6, 6.07) is 22.3. The van der Waals surface area contributed by atoms with Crippen LogP contribution in [0.3, 0.4) is 0 Å². The van der Waals surface area contributed by atoms with Crippen LogP contribution >= 0.6 is 0 Å². The van der Waals surface area contributed by atoms with Gasteiger partial charge in [-0.1, -0.05) is 60.7 Å². The predicted octanol–water partition coefficient (Wildman–Crippen LogP) is 4.91. The molecule has 0 aliphatic carbocycles. The van der Waals surface area contributed by atoms with Crippen LogP contribution in [0.2, 0.25) is 0 Å². The van der Waals surface area contributed by atoms with Crippen molar-refractivity contribution in [1.82, 2.24) is 0 Å². The zero-order valence-corrected chi connectivity index (χ0v) is 14.8. The Morgan fingerprint density at radius 1 is 0.889 bits per heavy atom. The lowest BCUT2D eigenvalue weighted by atomic mass is 10.0. The van der Waals surface area contributed by atoms with Gasteiger partial charge in [-0.2, -0.15) is 0 Å². The second-order valence-corrected chi connectivity index (χ2v) is 6.10. The molecule has 0 unspecified atom stereocenters. The Bertz CT molecular complexity index is 990. The van der Waals surface area contributed by atoms with Crippen LogP contribution in [0.4, 0.5) is 5.69 Å². The number of phenolic OH excluding ortho intramolecular Hbond substituents is 1. The number of hydrogen-bond donors (Lipinski definition) is 2. The molecule has 0 radical (unpaired) electrons. The number of nitrogens with one attached hydrogen (secondary N) is 1. The van der Waals surface area contributed by atoms with Gasteiger partial charge in [0.25, 0.3) is 0 Å². The minimum atomic E-state index is -0.341. The molecule has 27 heavy (non-hydrogen) atoms. The SMILES string of the molecule is CC(=O)Nc1ccc(O)c(C(=O)C=Cc2ccc(-c3ccccc3)cc2)c1. The average Bonchev–Trinajstić information content (AvgIpc) is 2.68. The van der Waals surface area contributed by atoms with Crippen molar-refractivity contribution in [2.24, 2.45) is 0 Å². The molecule has 0 aliphatic heterocycles. The van der Waals surface area contributed by atoms with E-state index >= 15 is 0 Å². The maximum atomic E-state index is 12.4. The van der Waals surface area contributed by atoms with Crippen molar-refractivity contribution in [2.45, 2.75) is 6.92 Å². The molecule has 4 nitrogen and oxygen atoms in total. The van der Waals surface area contributed by atoms with E-state index in [2.05, 4.69) is 5.32 Å². The molecule has 0 saturated carbocycles. The Morgan fingerprint density at radius 2 is 1.56 bits per heavy atom. The first-order valence-electron chi connectivity index (χ1n) is 8.51. The standard InChI is InChI=1S/C23H19NO3/c1-16(25)24-20-12-14-23(27)21(15-20)22(26)13-9-17-7-10-19(11-8-17)18-5-3-2-4-6-18/h2-15,27H,1H3,(H,24,25). The van der Waals surface area contributed by atoms with E-state index in [9.17, 15) is 14.7 Å². The molecule has 3 rings (SSSR count). The molecule has 3 aromatic carbocycles. The number of rotatable bonds is 5. The smallest absolute Gasteiger partial charge is 0.221 e. The van der Waals surface area contributed by atoms with Crippen molar-refractivity contribution >= 4 is 23.5 Å². The Hall–Kier alpha value is -3.66. The summed E-state index contributed by atoms with van der Waals surface area (Å²) in [5.74, 6) is -0.710. The Kier molecular flexibility index (Phi) is 5.47. The van der Waals surface area contributed by atoms with Gasteiger partial charge in [-0.05, 0) is 41.0 Å². The molecule has 0 atom stereocenters. The van der Waals surface area contributed by atoms with E-state index in [1.807, 2.05) is 54.6 Å². The number of carbonyl (C=O) groups excluding carboxylic acids is 2. The summed E-state index contributed by atoms with van der Waals surface area (Å²) in [4.78, 5) is 23.6. The first-order valence-corrected chi connectivity index (χ1v) is 8.51. The molecule has 0 aliphatic rings. The number of aromatic hydroxyl groups is 1. The van der Waals surface area contributed by atoms with Crippen LogP contribution < -0.4 is 5.32 Å². The third kappa shape index (κ3) is 4.70. The van der Waals surface area contributed by atoms with Gasteiger partial charge in [-0.15, -0.1) is 0 Å². The zero-order valence-electron chi connectivity index (χ0n) is 14.8. The highest BCUT2D eigenvalue weighted by molar-refractivity contribution is 6.09. The minimum Gasteiger partial charge on any atom is -0.507 e. The van der Waals surface area contributed by atoms with Crippen molar-refractivity contribution in [3.05, 3.63) is 90.0 Å². The van der Waals surface area contributed by atoms with Gasteiger partial charge in [-0.25, -0.2) is 0 Å². The van der Waals surface area contributed by atoms with Gasteiger partial charge in [0.1, 0.15) is 5.75 Å². The molecule has 4 heteroatoms. The van der Waals surface area contributed by atoms with E-state index in [0.29, 0.717) is 5.69 Å². The van der Waals surface area contributed by atoms with Crippen LogP contribution in [0.5, 0.6) is 5.75 Å². The highest BCUT2D eigenvalue weighted by Gasteiger charge is 2.10. The van der Waals surface area contributed by atoms with Crippen molar-refractivity contribution in [1.29, 1.82) is 0 Å². The average molecular weight is 357 g/mol. The van der Waals surface area contributed by atoms with Gasteiger partial charge in [0.2, 0.25) is 5.91 Å². The van der Waals surface area contributed by atoms with E-state index < -0.39 is 0 Å². The van der Waals surface area contributed by atoms with Crippen molar-refractivity contribution in [3.8, 4) is 16.9 Å². The molecular formula is C23H19NO3. The second kappa shape index (κ2) is 8.15. The van der Waals surface area contributed by atoms with E-state index in [-0.39, 0.29) is 23.0 Å². The number of anilines is 1. The molecule has 134 valence electrons. The molecule has 0 aromatic heterocycles. The number of allylic oxidation sites excluding steroid dienone is 1. The summed E-state index contributed by atoms with van der Waals surface area (Å²) in [6.07, 6.45) is 3.10. The molecule has 3 aromatic rings. The molecule has 0 spiro atoms. The van der Waals surface area contributed by atoms with E-state index in [4.69, 9.17) is 0 Å². The van der Waals surface area contributed by atoms with Crippen LogP contribution in [0.25, 0.3) is 17.2 Å². The fourth-order valence-corrected chi connectivity index (χ4v) is 2.69. The lowest BCUT2D eigenvalue weighted by Crippen LogP contribution is -2.06. The van der Waals surface area contributed by atoms with Gasteiger partial charge >= 0.3 is 0 Å². The Labute approximate surface area is 157 Å². The molecule has 2 N–H and O–H groups in total. The number of phenols is 1. The predicted molar refractivity (Wildman–Crippen MR) is 108 cm³/mol. The zero-order chi connectivity index (χ0) is 19.2. The lowest BCUT2D eigenvalue weighted by molar-refractivity contribution is -0.114. The summed E-state index contributed by atoms with van der Waals surface area (Å²) in [6.45, 7) is 1.38. The molecule has 0 heterocycles. The topological polar surface area (TPSA) is 66.4 Å². The van der Waals surface area contributed by atoms with Gasteiger partial charge < -0.3 is 10.4 Å². The summed E-state index contributed by atoms with van der Waals surface area (Å²) >= 11 is 0. The maximum absolute atomic E-state index is 12.4. The first-order chi connectivity index (χ1) is 13.0. The summed E-state index contributed by atoms with van der Waals surface area (Å²) in [7, 11) is 0. The normalized spacial score (nSPS) is 10.7. The highest BCUT2D eigenvalue weighted by Crippen LogP contribution is 2.23. The van der Waals surface area contributed by atoms with Gasteiger partial charge in [0.15, 0.2) is 5.78 Å². The van der Waals surface area contributed by atoms with Crippen molar-refractivity contribution < 1.29 is 14.7 Å². The Morgan fingerprint density at radius 3 is 2.22 bits per heavy atom. The van der Waals surface area contributed by atoms with Crippen LogP contribution in [0.15, 0.2) is 78.9 Å². The molecule has 1 amide bonds. The Balaban J connectivity index is 1.76. The fraction of sp³-hybridized carbons (Fsp3) is 0.0435. The molecular weight excluding hydrogens is 338 g/mol. The first kappa shape index (κ1) is 18.1. The van der Waals surface area contributed by atoms with Crippen LogP contribution in [-0.2, 0) is 4.79 Å². The van der Waals surface area contributed by atoms with Crippen molar-refractivity contribution in [2.75, 3.05) is 5.32 Å². The molecule has 0 fully saturated rings. The van der Waals surface area contributed by atoms with Crippen LogP contribution in [0.1, 0.15) is 22.8 Å². The third-order valence-electron chi connectivity index (χ3n) is 4.03. The number of amides is 1. The summed E-state index contributed by atoms with van der Waals surface area (Å²) in [5, 5.41) is 12.5. The second-order valence-electron chi connectivity index (χ2n) is 6.10. The highest BCUT2D eigenvalue weighted by atomic mass is 16.3. The van der Waals surface area contributed by atoms with Crippen molar-refractivity contribution in [3.63, 3.8) is 0 Å². The number of hydrogen-bond acceptors (Lipinski definition) is 3. The largest absolute Gasteiger partial charge is 0.507 e. The molecule has 0 saturated heterocycles. The van der Waals surface area contributed by atoms with E-state index in [0.717, 1.165) is 16.7 Å². The number of carbonyl (C=O) groups is 2. The fourth-order valence-electron chi connectivity index (χ4n) is 2.69. The maximum Gasteiger partial charge on any atom is 0.221 e. The van der Waals surface area contributed by atoms with Gasteiger partial charge in [0, 0.05) is 12.6 Å². The van der Waals surface area contributed by atoms with E-state index in [1.165, 1.54) is 25.1 Å². The van der Waals surface area contributed by atoms with Crippen LogP contribution in [0, 0.1) is 0 Å². The summed E-state index contributed by atoms with van der Waals surface area (Å²) in [5.41, 5.74) is 3.70. The summed E-state index contributed by atoms with van der Waals surface area (Å²) < 4.78 is 0. The molecule has 0 bridgehead atoms. The van der Waals surface area contributed by atoms with Gasteiger partial charge in [0.05, 0.1) is 5.56 Å². The quantitative estimate of drug-likeness (QED) is 0.387. The number of ketones is 1. The minimum absolute atomic E-state index is 0.127. The number of benzene rings is 3. The lowest BCUT2D eigenvalue weighted by Gasteiger charge is -2.06. The van der Waals surface area contributed by atoms with Gasteiger partial charge in [-0.3, -0.25) is 9.59 Å².